The maximum absolute atomic E-state index is 3.16. The second-order valence-corrected chi connectivity index (χ2v) is 20.4. The average molecular weight is 631 g/mol. The van der Waals surface area contributed by atoms with Gasteiger partial charge in [-0.05, 0) is 0 Å². The molecule has 0 nitrogen and oxygen atoms in total. The average Bonchev–Trinajstić information content (AvgIpc) is 3.49. The number of allylic oxidation sites excluding steroid dienone is 8. The molecule has 0 saturated heterocycles. The Hall–Kier alpha value is -0.594. The molecular formula is C30H36Cl2GeZr-2. The van der Waals surface area contributed by atoms with E-state index in [0.717, 1.165) is 12.8 Å². The van der Waals surface area contributed by atoms with Crippen molar-refractivity contribution < 1.29 is 46.4 Å². The molecule has 180 valence electrons. The summed E-state index contributed by atoms with van der Waals surface area (Å²) in [6, 6.07) is 21.9. The van der Waals surface area contributed by atoms with Crippen molar-refractivity contribution in [2.45, 2.75) is 54.4 Å². The van der Waals surface area contributed by atoms with Crippen LogP contribution in [-0.2, 0) is 21.6 Å². The molecule has 4 heteroatoms. The van der Waals surface area contributed by atoms with Gasteiger partial charge in [0.2, 0.25) is 0 Å². The van der Waals surface area contributed by atoms with Crippen molar-refractivity contribution in [2.24, 2.45) is 10.8 Å². The van der Waals surface area contributed by atoms with Gasteiger partial charge in [0, 0.05) is 0 Å². The molecule has 0 bridgehead atoms. The topological polar surface area (TPSA) is 0 Å². The Bertz CT molecular complexity index is 908. The fourth-order valence-electron chi connectivity index (χ4n) is 3.22. The standard InChI is InChI=1S/C12H10Ge.2C9H13.2ClH.Zr/c1-3-7-11(8-4-1)13-12-9-5-2-6-10-12;2*1-9(2,3)8-6-4-5-7-8;;;/h1-10H;2*6-7H,4H2,1-3H3;2*1H;/q;2*-1;;;+2/p-2. The Kier molecular flexibility index (Phi) is 15.9. The second kappa shape index (κ2) is 16.2. The second-order valence-electron chi connectivity index (χ2n) is 10.0. The normalized spacial score (nSPS) is 13.8. The number of hydrogen-bond donors (Lipinski definition) is 0. The minimum absolute atomic E-state index is 0. The van der Waals surface area contributed by atoms with Crippen LogP contribution in [0, 0.1) is 23.0 Å². The van der Waals surface area contributed by atoms with Crippen LogP contribution in [0.2, 0.25) is 0 Å². The van der Waals surface area contributed by atoms with Crippen molar-refractivity contribution in [1.82, 2.24) is 0 Å². The molecule has 0 heterocycles. The zero-order chi connectivity index (χ0) is 23.6. The Labute approximate surface area is 236 Å². The first-order valence-electron chi connectivity index (χ1n) is 11.3. The zero-order valence-corrected chi connectivity index (χ0v) is 27.3. The van der Waals surface area contributed by atoms with Crippen LogP contribution in [0.25, 0.3) is 0 Å². The molecule has 0 fully saturated rings. The van der Waals surface area contributed by atoms with E-state index in [9.17, 15) is 0 Å². The summed E-state index contributed by atoms with van der Waals surface area (Å²) >= 11 is 1.71. The van der Waals surface area contributed by atoms with E-state index in [1.807, 2.05) is 0 Å². The summed E-state index contributed by atoms with van der Waals surface area (Å²) in [7, 11) is -1.11. The molecule has 0 radical (unpaired) electrons. The molecule has 0 N–H and O–H groups in total. The van der Waals surface area contributed by atoms with Crippen LogP contribution in [0.4, 0.5) is 0 Å². The van der Waals surface area contributed by atoms with Crippen LogP contribution < -0.4 is 33.6 Å². The van der Waals surface area contributed by atoms with E-state index >= 15 is 0 Å². The number of benzene rings is 2. The van der Waals surface area contributed by atoms with Gasteiger partial charge in [-0.15, -0.1) is 12.8 Å². The van der Waals surface area contributed by atoms with E-state index in [-0.39, 0.29) is 24.8 Å². The molecule has 0 spiro atoms. The van der Waals surface area contributed by atoms with Crippen molar-refractivity contribution in [3.8, 4) is 0 Å². The summed E-state index contributed by atoms with van der Waals surface area (Å²) in [5.41, 5.74) is 3.48. The summed E-state index contributed by atoms with van der Waals surface area (Å²) in [4.78, 5) is 0. The van der Waals surface area contributed by atoms with E-state index in [4.69, 9.17) is 0 Å². The predicted octanol–water partition coefficient (Wildman–Crippen LogP) is 0.791. The van der Waals surface area contributed by atoms with E-state index in [2.05, 4.69) is 139 Å². The number of rotatable bonds is 2. The third kappa shape index (κ3) is 11.9. The van der Waals surface area contributed by atoms with Gasteiger partial charge < -0.3 is 24.8 Å². The SMILES string of the molecule is CC(C)(C)C1=CC[C-]=C1.CC(C)(C)C1=CC[C-]=C1.[Cl-].[Cl-].[Zr+2]=[Ge]([c]1ccccc1)[c]1ccccc1. The molecule has 0 saturated carbocycles. The summed E-state index contributed by atoms with van der Waals surface area (Å²) < 4.78 is 3.16. The van der Waals surface area contributed by atoms with Crippen molar-refractivity contribution in [1.29, 1.82) is 0 Å². The van der Waals surface area contributed by atoms with E-state index in [1.165, 1.54) is 11.1 Å². The van der Waals surface area contributed by atoms with Crippen LogP contribution in [0.15, 0.2) is 96.1 Å². The van der Waals surface area contributed by atoms with Crippen LogP contribution in [0.5, 0.6) is 0 Å². The first-order valence-corrected chi connectivity index (χ1v) is 20.9. The van der Waals surface area contributed by atoms with Gasteiger partial charge in [-0.2, -0.15) is 23.3 Å². The molecule has 0 aliphatic heterocycles. The van der Waals surface area contributed by atoms with Crippen LogP contribution >= 0.6 is 0 Å². The Morgan fingerprint density at radius 3 is 1.15 bits per heavy atom. The quantitative estimate of drug-likeness (QED) is 0.340. The van der Waals surface area contributed by atoms with E-state index in [0.29, 0.717) is 10.8 Å². The van der Waals surface area contributed by atoms with Gasteiger partial charge in [0.25, 0.3) is 0 Å². The van der Waals surface area contributed by atoms with Gasteiger partial charge in [-0.1, -0.05) is 52.4 Å². The molecule has 2 aliphatic rings. The molecule has 2 aliphatic carbocycles. The van der Waals surface area contributed by atoms with Crippen molar-refractivity contribution in [3.63, 3.8) is 0 Å². The predicted molar refractivity (Wildman–Crippen MR) is 138 cm³/mol. The fraction of sp³-hybridized carbons (Fsp3) is 0.333. The Morgan fingerprint density at radius 1 is 0.618 bits per heavy atom. The van der Waals surface area contributed by atoms with Crippen LogP contribution in [0.1, 0.15) is 54.4 Å². The van der Waals surface area contributed by atoms with Crippen molar-refractivity contribution in [3.05, 3.63) is 108 Å². The summed E-state index contributed by atoms with van der Waals surface area (Å²) in [6.45, 7) is 13.3. The molecular weight excluding hydrogens is 595 g/mol. The van der Waals surface area contributed by atoms with Gasteiger partial charge in [-0.3, -0.25) is 12.2 Å². The summed E-state index contributed by atoms with van der Waals surface area (Å²) in [5.74, 6) is 0. The fourth-order valence-corrected chi connectivity index (χ4v) is 10.4. The van der Waals surface area contributed by atoms with Gasteiger partial charge >= 0.3 is 101 Å². The van der Waals surface area contributed by atoms with Crippen LogP contribution in [-0.4, -0.2) is 9.98 Å². The van der Waals surface area contributed by atoms with Crippen LogP contribution in [0.3, 0.4) is 0 Å². The molecule has 0 unspecified atom stereocenters. The monoisotopic (exact) mass is 630 g/mol. The first-order chi connectivity index (χ1) is 15.1. The van der Waals surface area contributed by atoms with E-state index < -0.39 is 9.98 Å². The third-order valence-corrected chi connectivity index (χ3v) is 16.4. The molecule has 0 atom stereocenters. The molecule has 4 rings (SSSR count). The molecule has 2 aromatic rings. The van der Waals surface area contributed by atoms with Crippen molar-refractivity contribution in [2.75, 3.05) is 0 Å². The number of hydrogen-bond acceptors (Lipinski definition) is 0. The minimum atomic E-state index is -1.11. The summed E-state index contributed by atoms with van der Waals surface area (Å²) in [6.07, 6.45) is 17.0. The number of halogens is 2. The zero-order valence-electron chi connectivity index (χ0n) is 21.3. The molecule has 0 amide bonds. The molecule has 0 aromatic heterocycles. The molecule has 2 aromatic carbocycles. The van der Waals surface area contributed by atoms with Crippen molar-refractivity contribution >= 4 is 18.8 Å². The third-order valence-electron chi connectivity index (χ3n) is 5.25. The Morgan fingerprint density at radius 2 is 0.941 bits per heavy atom. The van der Waals surface area contributed by atoms with Gasteiger partial charge in [-0.25, -0.2) is 12.2 Å². The maximum atomic E-state index is 3.16. The summed E-state index contributed by atoms with van der Waals surface area (Å²) in [5, 5.41) is 0. The van der Waals surface area contributed by atoms with Gasteiger partial charge in [0.15, 0.2) is 0 Å². The first kappa shape index (κ1) is 33.4. The van der Waals surface area contributed by atoms with Gasteiger partial charge in [0.05, 0.1) is 0 Å². The molecule has 34 heavy (non-hydrogen) atoms. The van der Waals surface area contributed by atoms with Gasteiger partial charge in [0.1, 0.15) is 0 Å². The Balaban J connectivity index is 0.000000485. The van der Waals surface area contributed by atoms with E-state index in [1.54, 1.807) is 30.4 Å².